The summed E-state index contributed by atoms with van der Waals surface area (Å²) in [6, 6.07) is 73.5. The van der Waals surface area contributed by atoms with Gasteiger partial charge in [-0.1, -0.05) is 115 Å². The number of fused-ring (bicyclic) bond motifs is 4. The minimum Gasteiger partial charge on any atom is -0.507 e. The highest BCUT2D eigenvalue weighted by Crippen LogP contribution is 2.37. The Labute approximate surface area is 862 Å². The second-order valence-corrected chi connectivity index (χ2v) is 38.3. The van der Waals surface area contributed by atoms with Gasteiger partial charge in [0, 0.05) is 181 Å². The number of likely N-dealkylation sites (tertiary alicyclic amines) is 1. The maximum absolute atomic E-state index is 13.2. The number of carbonyl (C=O) groups is 8. The molecule has 6 N–H and O–H groups in total. The lowest BCUT2D eigenvalue weighted by atomic mass is 9.90. The van der Waals surface area contributed by atoms with Crippen LogP contribution in [0.2, 0.25) is 5.02 Å². The van der Waals surface area contributed by atoms with Crippen molar-refractivity contribution in [3.8, 4) is 23.0 Å². The molecule has 33 heteroatoms. The molecule has 0 spiro atoms. The molecule has 14 aromatic rings. The van der Waals surface area contributed by atoms with E-state index in [1.807, 2.05) is 155 Å². The van der Waals surface area contributed by atoms with Gasteiger partial charge in [0.2, 0.25) is 11.8 Å². The van der Waals surface area contributed by atoms with Crippen LogP contribution < -0.4 is 24.8 Å². The summed E-state index contributed by atoms with van der Waals surface area (Å²) >= 11 is 6.09. The number of aromatic hydroxyl groups is 1. The number of para-hydroxylation sites is 1. The minimum absolute atomic E-state index is 0.00838. The molecule has 20 rings (SSSR count). The van der Waals surface area contributed by atoms with Crippen molar-refractivity contribution in [1.82, 2.24) is 74.0 Å². The average molecular weight is 2030 g/mol. The van der Waals surface area contributed by atoms with Gasteiger partial charge in [-0.05, 0) is 243 Å². The Kier molecular flexibility index (Phi) is 34.5. The molecule has 0 atom stereocenters. The van der Waals surface area contributed by atoms with E-state index >= 15 is 0 Å². The van der Waals surface area contributed by atoms with Crippen molar-refractivity contribution >= 4 is 115 Å². The molecule has 0 bridgehead atoms. The molecule has 8 amide bonds. The number of hydrogen-bond acceptors (Lipinski definition) is 18. The van der Waals surface area contributed by atoms with Crippen LogP contribution in [0.1, 0.15) is 130 Å². The van der Waals surface area contributed by atoms with E-state index in [0.717, 1.165) is 166 Å². The Morgan fingerprint density at radius 3 is 1.53 bits per heavy atom. The molecule has 5 saturated heterocycles. The van der Waals surface area contributed by atoms with Crippen LogP contribution in [0.3, 0.4) is 0 Å². The van der Waals surface area contributed by atoms with Crippen LogP contribution in [0.15, 0.2) is 274 Å². The number of hydrogen-bond donors (Lipinski definition) is 6. The smallest absolute Gasteiger partial charge is 0.416 e. The van der Waals surface area contributed by atoms with E-state index in [0.29, 0.717) is 131 Å². The Morgan fingerprint density at radius 1 is 0.473 bits per heavy atom. The maximum atomic E-state index is 13.2. The molecule has 11 aromatic carbocycles. The fourth-order valence-electron chi connectivity index (χ4n) is 18.9. The number of amides is 8. The number of H-pyrrole nitrogens is 3. The number of ether oxygens (including phenoxy) is 3. The van der Waals surface area contributed by atoms with E-state index < -0.39 is 11.7 Å². The molecule has 6 aliphatic heterocycles. The minimum atomic E-state index is -4.43. The van der Waals surface area contributed by atoms with Gasteiger partial charge in [-0.3, -0.25) is 43.3 Å². The predicted molar refractivity (Wildman–Crippen MR) is 567 cm³/mol. The topological polar surface area (TPSA) is 324 Å². The van der Waals surface area contributed by atoms with Crippen molar-refractivity contribution in [2.45, 2.75) is 78.2 Å². The average Bonchev–Trinajstić information content (AvgIpc) is 1.18. The number of allylic oxidation sites excluding steroid dienone is 1. The summed E-state index contributed by atoms with van der Waals surface area (Å²) in [4.78, 5) is 140. The molecule has 6 aliphatic rings. The number of benzene rings is 11. The molecule has 0 radical (unpaired) electrons. The first-order valence-corrected chi connectivity index (χ1v) is 50.0. The van der Waals surface area contributed by atoms with Crippen molar-refractivity contribution in [3.05, 3.63) is 351 Å². The summed E-state index contributed by atoms with van der Waals surface area (Å²) in [5, 5.41) is 18.0. The molecule has 9 heterocycles. The molecule has 29 nitrogen and oxygen atoms in total. The van der Waals surface area contributed by atoms with Crippen molar-refractivity contribution in [1.29, 1.82) is 0 Å². The number of carbonyl (C=O) groups excluding carboxylic acids is 8. The maximum Gasteiger partial charge on any atom is 0.416 e. The van der Waals surface area contributed by atoms with Crippen molar-refractivity contribution in [2.24, 2.45) is 5.92 Å². The van der Waals surface area contributed by atoms with Crippen LogP contribution in [0.4, 0.5) is 24.5 Å². The lowest BCUT2D eigenvalue weighted by Crippen LogP contribution is -2.51. The number of piperidine rings is 1. The van der Waals surface area contributed by atoms with Gasteiger partial charge in [0.25, 0.3) is 35.4 Å². The third-order valence-corrected chi connectivity index (χ3v) is 27.3. The first-order chi connectivity index (χ1) is 71.5. The quantitative estimate of drug-likeness (QED) is 0.0287. The van der Waals surface area contributed by atoms with Crippen molar-refractivity contribution in [2.75, 3.05) is 149 Å². The number of nitrogens with zero attached hydrogens (tertiary/aromatic N) is 12. The zero-order valence-electron chi connectivity index (χ0n) is 83.6. The van der Waals surface area contributed by atoms with Crippen molar-refractivity contribution in [3.63, 3.8) is 0 Å². The SMILES string of the molecule is CC1=CC(C)(C)Nc2ccc(C(=O)N3CCN(Cc4cccc(Cl)c4)CC3)cc21.COc1ccc(CNc2ccc(O)c(C(=O)N3CCC(Cc4ccccc4)CC3)c2)cc1C.COc1cccc(CC(=O)N2CCN(C(=O)c3ccc4nc[nH]c4c3)CC2)c1.O=C(/C=C/c1cccc(C(F)(F)F)c1)N1CCN(C(=O)c2ccc3nc[nH]c3c2)CC1.O=C(COc1ccccc1)N1CCN(C(=O)c2ccc3nc[nH]c3c2)CC1. The van der Waals surface area contributed by atoms with Crippen LogP contribution in [0, 0.1) is 12.8 Å². The number of halogens is 4. The number of rotatable bonds is 21. The summed E-state index contributed by atoms with van der Waals surface area (Å²) < 4.78 is 54.5. The van der Waals surface area contributed by atoms with E-state index in [1.54, 1.807) is 106 Å². The number of piperazine rings is 4. The number of phenolic OH excluding ortho intramolecular Hbond substituents is 1. The van der Waals surface area contributed by atoms with E-state index in [4.69, 9.17) is 25.8 Å². The molecular weight excluding hydrogens is 1900 g/mol. The summed E-state index contributed by atoms with van der Waals surface area (Å²) in [6.07, 6.45) is 8.57. The van der Waals surface area contributed by atoms with Gasteiger partial charge >= 0.3 is 6.18 Å². The fourth-order valence-corrected chi connectivity index (χ4v) is 19.2. The van der Waals surface area contributed by atoms with Crippen LogP contribution in [-0.4, -0.2) is 271 Å². The number of alkyl halides is 3. The third-order valence-electron chi connectivity index (χ3n) is 27.1. The summed E-state index contributed by atoms with van der Waals surface area (Å²) in [5.41, 5.74) is 17.2. The van der Waals surface area contributed by atoms with Gasteiger partial charge in [-0.2, -0.15) is 13.2 Å². The van der Waals surface area contributed by atoms with Crippen LogP contribution in [0.25, 0.3) is 44.7 Å². The summed E-state index contributed by atoms with van der Waals surface area (Å²) in [7, 11) is 3.28. The normalized spacial score (nSPS) is 15.3. The molecule has 3 aromatic heterocycles. The zero-order chi connectivity index (χ0) is 104. The van der Waals surface area contributed by atoms with E-state index in [1.165, 1.54) is 41.0 Å². The first-order valence-electron chi connectivity index (χ1n) is 49.6. The number of phenols is 1. The fraction of sp³-hybridized carbons (Fsp3) is 0.296. The highest BCUT2D eigenvalue weighted by molar-refractivity contribution is 6.30. The Balaban J connectivity index is 0.000000132. The Morgan fingerprint density at radius 2 is 0.973 bits per heavy atom. The first kappa shape index (κ1) is 105. The number of nitrogens with one attached hydrogen (secondary N) is 5. The lowest BCUT2D eigenvalue weighted by molar-refractivity contribution is -0.137. The summed E-state index contributed by atoms with van der Waals surface area (Å²) in [6.45, 7) is 20.3. The van der Waals surface area contributed by atoms with E-state index in [-0.39, 0.29) is 65.2 Å². The lowest BCUT2D eigenvalue weighted by Gasteiger charge is -2.35. The van der Waals surface area contributed by atoms with Crippen molar-refractivity contribution < 1.29 is 70.8 Å². The highest BCUT2D eigenvalue weighted by Gasteiger charge is 2.34. The third kappa shape index (κ3) is 27.8. The molecular formula is C115H121ClF3N17O12. The molecule has 0 saturated carbocycles. The Hall–Kier alpha value is -16.1. The Bertz CT molecular complexity index is 7100. The largest absolute Gasteiger partial charge is 0.507 e. The zero-order valence-corrected chi connectivity index (χ0v) is 84.4. The molecule has 5 fully saturated rings. The standard InChI is InChI=1S/C28H32N2O3.C24H28ClN3O.C22H19F3N4O2.C21H22N4O3.C20H20N4O3/c1-20-16-23(8-11-27(20)33-2)19-29-24-9-10-26(31)25(18-24)28(32)30-14-12-22(13-15-30)17-21-6-4-3-5-7-21;1-17-15-24(2,3)26-22-8-7-19(14-21(17)22)23(29)28-11-9-27(10-12-28)16-18-5-4-6-20(25)13-18;23-22(24,25)17-3-1-2-15(12-17)4-7-20(30)28-8-10-29(11-9-28)21(31)16-5-6-18-19(13-16)27-14-26-18;1-28-17-4-2-3-15(11-17)12-20(26)24-7-9-25(10-8-24)21(27)16-5-6-18-19(13-16)23-14-22-18;25-19(13-27-16-4-2-1-3-5-16)23-8-10-24(11-9-23)20(26)15-6-7-17-18(12-15)22-14-21-17/h3-11,16,18,22,29,31H,12-15,17,19H2,1-2H3;4-8,13-15,26H,9-12,16H2,1-3H3;1-7,12-14H,8-11H2,(H,26,27);2-6,11,13-14H,7-10,12H2,1H3,(H,22,23);1-7,12,14H,8-11,13H2,(H,21,22)/b;;7-4+;;. The highest BCUT2D eigenvalue weighted by atomic mass is 35.5. The number of methoxy groups -OCH3 is 2. The van der Waals surface area contributed by atoms with E-state index in [2.05, 4.69) is 109 Å². The molecule has 148 heavy (non-hydrogen) atoms. The van der Waals surface area contributed by atoms with E-state index in [9.17, 15) is 56.6 Å². The van der Waals surface area contributed by atoms with Gasteiger partial charge in [0.15, 0.2) is 6.61 Å². The molecule has 0 aliphatic carbocycles. The number of imidazole rings is 3. The summed E-state index contributed by atoms with van der Waals surface area (Å²) in [5.74, 6) is 2.45. The van der Waals surface area contributed by atoms with Gasteiger partial charge in [0.05, 0.1) is 89.4 Å². The second kappa shape index (κ2) is 48.7. The molecule has 0 unspecified atom stereocenters. The van der Waals surface area contributed by atoms with Gasteiger partial charge in [0.1, 0.15) is 23.0 Å². The van der Waals surface area contributed by atoms with Gasteiger partial charge < -0.3 is 84.1 Å². The molecule has 766 valence electrons. The monoisotopic (exact) mass is 2020 g/mol. The van der Waals surface area contributed by atoms with Crippen LogP contribution >= 0.6 is 11.6 Å². The number of aromatic amines is 3. The number of aryl methyl sites for hydroxylation is 1. The van der Waals surface area contributed by atoms with Gasteiger partial charge in [-0.15, -0.1) is 0 Å². The van der Waals surface area contributed by atoms with Crippen LogP contribution in [-0.2, 0) is 46.5 Å². The van der Waals surface area contributed by atoms with Gasteiger partial charge in [-0.25, -0.2) is 15.0 Å². The predicted octanol–water partition coefficient (Wildman–Crippen LogP) is 17.9. The second-order valence-electron chi connectivity index (χ2n) is 37.9. The van der Waals surface area contributed by atoms with Crippen LogP contribution in [0.5, 0.6) is 23.0 Å². The number of anilines is 2. The number of aromatic nitrogens is 6.